The zero-order chi connectivity index (χ0) is 14.9. The van der Waals surface area contributed by atoms with Gasteiger partial charge in [-0.1, -0.05) is 6.92 Å². The second-order valence-corrected chi connectivity index (χ2v) is 5.82. The van der Waals surface area contributed by atoms with E-state index in [9.17, 15) is 8.78 Å². The molecule has 5 atom stereocenters. The van der Waals surface area contributed by atoms with Gasteiger partial charge in [0, 0.05) is 12.0 Å². The third kappa shape index (κ3) is 3.01. The Hall–Kier alpha value is -1.00. The molecule has 5 unspecified atom stereocenters. The quantitative estimate of drug-likeness (QED) is 0.916. The number of rotatable bonds is 4. The van der Waals surface area contributed by atoms with E-state index >= 15 is 0 Å². The average Bonchev–Trinajstić information content (AvgIpc) is 2.65. The predicted octanol–water partition coefficient (Wildman–Crippen LogP) is 3.15. The summed E-state index contributed by atoms with van der Waals surface area (Å²) in [6.07, 6.45) is 0.785. The molecule has 1 aromatic carbocycles. The van der Waals surface area contributed by atoms with E-state index in [0.717, 1.165) is 6.07 Å². The van der Waals surface area contributed by atoms with Crippen molar-refractivity contribution in [3.8, 4) is 0 Å². The van der Waals surface area contributed by atoms with Crippen molar-refractivity contribution in [2.75, 3.05) is 7.05 Å². The van der Waals surface area contributed by atoms with E-state index in [1.165, 1.54) is 12.1 Å². The molecule has 4 heteroatoms. The highest BCUT2D eigenvalue weighted by molar-refractivity contribution is 5.20. The van der Waals surface area contributed by atoms with Crippen LogP contribution in [-0.4, -0.2) is 25.3 Å². The Balaban J connectivity index is 2.19. The summed E-state index contributed by atoms with van der Waals surface area (Å²) in [7, 11) is 1.87. The molecule has 0 aliphatic carbocycles. The van der Waals surface area contributed by atoms with Crippen molar-refractivity contribution in [3.63, 3.8) is 0 Å². The normalized spacial score (nSPS) is 31.5. The standard InChI is InChI=1S/C16H23F2NO/c1-9-10(2)20-11(3)16(9)15(19-4)8-12-7-13(17)5-6-14(12)18/h5-7,9-11,15-16,19H,8H2,1-4H3. The zero-order valence-corrected chi connectivity index (χ0v) is 12.5. The molecule has 2 nitrogen and oxygen atoms in total. The average molecular weight is 283 g/mol. The second-order valence-electron chi connectivity index (χ2n) is 5.82. The van der Waals surface area contributed by atoms with Crippen LogP contribution >= 0.6 is 0 Å². The predicted molar refractivity (Wildman–Crippen MR) is 75.6 cm³/mol. The van der Waals surface area contributed by atoms with Gasteiger partial charge in [-0.15, -0.1) is 0 Å². The van der Waals surface area contributed by atoms with Gasteiger partial charge in [-0.3, -0.25) is 0 Å². The molecule has 1 saturated heterocycles. The fourth-order valence-electron chi connectivity index (χ4n) is 3.35. The first-order valence-electron chi connectivity index (χ1n) is 7.20. The minimum absolute atomic E-state index is 0.0706. The SMILES string of the molecule is CNC(Cc1cc(F)ccc1F)C1C(C)OC(C)C1C. The van der Waals surface area contributed by atoms with Gasteiger partial charge >= 0.3 is 0 Å². The number of nitrogens with one attached hydrogen (secondary N) is 1. The molecule has 0 amide bonds. The van der Waals surface area contributed by atoms with E-state index in [-0.39, 0.29) is 30.0 Å². The van der Waals surface area contributed by atoms with Crippen LogP contribution in [0.3, 0.4) is 0 Å². The largest absolute Gasteiger partial charge is 0.375 e. The van der Waals surface area contributed by atoms with Crippen LogP contribution in [0.1, 0.15) is 26.3 Å². The first-order chi connectivity index (χ1) is 9.43. The number of likely N-dealkylation sites (N-methyl/N-ethyl adjacent to an activating group) is 1. The van der Waals surface area contributed by atoms with Gasteiger partial charge in [-0.05, 0) is 57.0 Å². The first-order valence-corrected chi connectivity index (χ1v) is 7.20. The van der Waals surface area contributed by atoms with Crippen molar-refractivity contribution in [1.29, 1.82) is 0 Å². The number of benzene rings is 1. The van der Waals surface area contributed by atoms with Crippen LogP contribution in [0.5, 0.6) is 0 Å². The van der Waals surface area contributed by atoms with Gasteiger partial charge in [0.25, 0.3) is 0 Å². The van der Waals surface area contributed by atoms with Gasteiger partial charge in [0.1, 0.15) is 11.6 Å². The maximum absolute atomic E-state index is 13.8. The molecule has 1 heterocycles. The third-order valence-corrected chi connectivity index (χ3v) is 4.60. The lowest BCUT2D eigenvalue weighted by molar-refractivity contribution is 0.0478. The Morgan fingerprint density at radius 2 is 1.90 bits per heavy atom. The molecule has 1 aliphatic rings. The van der Waals surface area contributed by atoms with Crippen molar-refractivity contribution in [2.45, 2.75) is 45.4 Å². The Bertz CT molecular complexity index is 466. The highest BCUT2D eigenvalue weighted by atomic mass is 19.1. The highest BCUT2D eigenvalue weighted by Gasteiger charge is 2.41. The Labute approximate surface area is 119 Å². The van der Waals surface area contributed by atoms with Crippen molar-refractivity contribution in [1.82, 2.24) is 5.32 Å². The Kier molecular flexibility index (Phi) is 4.76. The zero-order valence-electron chi connectivity index (χ0n) is 12.5. The molecule has 0 radical (unpaired) electrons. The smallest absolute Gasteiger partial charge is 0.126 e. The summed E-state index contributed by atoms with van der Waals surface area (Å²) < 4.78 is 32.9. The van der Waals surface area contributed by atoms with Crippen LogP contribution in [-0.2, 0) is 11.2 Å². The molecule has 1 N–H and O–H groups in total. The fourth-order valence-corrected chi connectivity index (χ4v) is 3.35. The van der Waals surface area contributed by atoms with E-state index in [1.807, 2.05) is 7.05 Å². The highest BCUT2D eigenvalue weighted by Crippen LogP contribution is 2.35. The minimum atomic E-state index is -0.395. The molecule has 0 spiro atoms. The van der Waals surface area contributed by atoms with Gasteiger partial charge in [0.2, 0.25) is 0 Å². The van der Waals surface area contributed by atoms with Gasteiger partial charge < -0.3 is 10.1 Å². The number of halogens is 2. The Morgan fingerprint density at radius 1 is 1.20 bits per heavy atom. The van der Waals surface area contributed by atoms with Gasteiger partial charge in [-0.25, -0.2) is 8.78 Å². The lowest BCUT2D eigenvalue weighted by Crippen LogP contribution is -2.41. The maximum atomic E-state index is 13.8. The third-order valence-electron chi connectivity index (χ3n) is 4.60. The van der Waals surface area contributed by atoms with E-state index in [4.69, 9.17) is 4.74 Å². The Morgan fingerprint density at radius 3 is 2.45 bits per heavy atom. The number of hydrogen-bond acceptors (Lipinski definition) is 2. The summed E-state index contributed by atoms with van der Waals surface area (Å²) in [6.45, 7) is 6.28. The molecular formula is C16H23F2NO. The summed E-state index contributed by atoms with van der Waals surface area (Å²) in [5, 5.41) is 3.25. The van der Waals surface area contributed by atoms with E-state index < -0.39 is 5.82 Å². The second kappa shape index (κ2) is 6.19. The van der Waals surface area contributed by atoms with Gasteiger partial charge in [0.05, 0.1) is 12.2 Å². The molecule has 1 fully saturated rings. The van der Waals surface area contributed by atoms with Crippen LogP contribution in [0.4, 0.5) is 8.78 Å². The van der Waals surface area contributed by atoms with Crippen LogP contribution in [0, 0.1) is 23.5 Å². The van der Waals surface area contributed by atoms with Crippen molar-refractivity contribution < 1.29 is 13.5 Å². The molecule has 112 valence electrons. The van der Waals surface area contributed by atoms with E-state index in [0.29, 0.717) is 17.9 Å². The number of hydrogen-bond donors (Lipinski definition) is 1. The lowest BCUT2D eigenvalue weighted by Gasteiger charge is -2.29. The molecule has 1 aliphatic heterocycles. The molecule has 1 aromatic rings. The molecule has 0 bridgehead atoms. The molecular weight excluding hydrogens is 260 g/mol. The van der Waals surface area contributed by atoms with Gasteiger partial charge in [0.15, 0.2) is 0 Å². The van der Waals surface area contributed by atoms with Gasteiger partial charge in [-0.2, -0.15) is 0 Å². The molecule has 0 saturated carbocycles. The summed E-state index contributed by atoms with van der Waals surface area (Å²) in [4.78, 5) is 0. The summed E-state index contributed by atoms with van der Waals surface area (Å²) in [5.74, 6) is -0.0657. The minimum Gasteiger partial charge on any atom is -0.375 e. The topological polar surface area (TPSA) is 21.3 Å². The van der Waals surface area contributed by atoms with Crippen LogP contribution < -0.4 is 5.32 Å². The maximum Gasteiger partial charge on any atom is 0.126 e. The number of ether oxygens (including phenoxy) is 1. The van der Waals surface area contributed by atoms with E-state index in [1.54, 1.807) is 0 Å². The lowest BCUT2D eigenvalue weighted by atomic mass is 9.81. The molecule has 20 heavy (non-hydrogen) atoms. The fraction of sp³-hybridized carbons (Fsp3) is 0.625. The first kappa shape index (κ1) is 15.4. The molecule has 2 rings (SSSR count). The molecule has 0 aromatic heterocycles. The van der Waals surface area contributed by atoms with Crippen LogP contribution in [0.15, 0.2) is 18.2 Å². The van der Waals surface area contributed by atoms with Crippen molar-refractivity contribution in [3.05, 3.63) is 35.4 Å². The summed E-state index contributed by atoms with van der Waals surface area (Å²) in [5.41, 5.74) is 0.420. The van der Waals surface area contributed by atoms with Crippen LogP contribution in [0.25, 0.3) is 0 Å². The summed E-state index contributed by atoms with van der Waals surface area (Å²) >= 11 is 0. The van der Waals surface area contributed by atoms with Crippen molar-refractivity contribution in [2.24, 2.45) is 11.8 Å². The monoisotopic (exact) mass is 283 g/mol. The van der Waals surface area contributed by atoms with Crippen molar-refractivity contribution >= 4 is 0 Å². The summed E-state index contributed by atoms with van der Waals surface area (Å²) in [6, 6.07) is 3.70. The van der Waals surface area contributed by atoms with E-state index in [2.05, 4.69) is 26.1 Å². The van der Waals surface area contributed by atoms with Crippen LogP contribution in [0.2, 0.25) is 0 Å².